The van der Waals surface area contributed by atoms with Crippen molar-refractivity contribution in [1.29, 1.82) is 0 Å². The maximum absolute atomic E-state index is 3.61. The molecule has 84 valence electrons. The van der Waals surface area contributed by atoms with Crippen molar-refractivity contribution < 1.29 is 0 Å². The number of fused-ring (bicyclic) bond motifs is 1. The highest BCUT2D eigenvalue weighted by molar-refractivity contribution is 9.10. The van der Waals surface area contributed by atoms with Gasteiger partial charge in [-0.3, -0.25) is 0 Å². The van der Waals surface area contributed by atoms with Gasteiger partial charge in [-0.2, -0.15) is 0 Å². The Labute approximate surface area is 112 Å². The molecule has 2 aromatic carbocycles. The van der Waals surface area contributed by atoms with Crippen molar-refractivity contribution in [3.63, 3.8) is 0 Å². The van der Waals surface area contributed by atoms with Crippen LogP contribution in [0.1, 0.15) is 0 Å². The van der Waals surface area contributed by atoms with E-state index in [-0.39, 0.29) is 0 Å². The quantitative estimate of drug-likeness (QED) is 0.698. The second-order valence-corrected chi connectivity index (χ2v) is 5.70. The zero-order chi connectivity index (χ0) is 11.7. The minimum atomic E-state index is 1.13. The van der Waals surface area contributed by atoms with E-state index in [0.29, 0.717) is 0 Å². The van der Waals surface area contributed by atoms with Crippen molar-refractivity contribution in [2.75, 3.05) is 0 Å². The number of halogens is 1. The monoisotopic (exact) mass is 303 g/mol. The summed E-state index contributed by atoms with van der Waals surface area (Å²) in [6.07, 6.45) is 2.06. The third kappa shape index (κ3) is 2.13. The molecule has 0 amide bonds. The zero-order valence-corrected chi connectivity index (χ0v) is 11.4. The summed E-state index contributed by atoms with van der Waals surface area (Å²) in [5.74, 6) is 0. The predicted molar refractivity (Wildman–Crippen MR) is 76.6 cm³/mol. The number of H-pyrrole nitrogens is 1. The minimum absolute atomic E-state index is 1.13. The fraction of sp³-hybridized carbons (Fsp3) is 0. The minimum Gasteiger partial charge on any atom is -0.360 e. The van der Waals surface area contributed by atoms with Crippen LogP contribution in [0, 0.1) is 0 Å². The Morgan fingerprint density at radius 1 is 0.941 bits per heavy atom. The fourth-order valence-corrected chi connectivity index (χ4v) is 3.50. The molecule has 17 heavy (non-hydrogen) atoms. The number of hydrogen-bond donors (Lipinski definition) is 1. The molecule has 0 saturated carbocycles. The summed E-state index contributed by atoms with van der Waals surface area (Å²) >= 11 is 5.38. The lowest BCUT2D eigenvalue weighted by atomic mass is 10.2. The Balaban J connectivity index is 2.07. The molecule has 0 aliphatic carbocycles. The van der Waals surface area contributed by atoms with Gasteiger partial charge in [0, 0.05) is 31.4 Å². The van der Waals surface area contributed by atoms with Crippen LogP contribution in [0.2, 0.25) is 0 Å². The van der Waals surface area contributed by atoms with Crippen LogP contribution in [0.15, 0.2) is 69.0 Å². The van der Waals surface area contributed by atoms with E-state index >= 15 is 0 Å². The Bertz CT molecular complexity index is 646. The van der Waals surface area contributed by atoms with Crippen molar-refractivity contribution in [1.82, 2.24) is 4.98 Å². The van der Waals surface area contributed by atoms with Crippen LogP contribution in [0.25, 0.3) is 10.9 Å². The van der Waals surface area contributed by atoms with E-state index in [1.54, 1.807) is 11.8 Å². The molecule has 1 N–H and O–H groups in total. The zero-order valence-electron chi connectivity index (χ0n) is 8.98. The topological polar surface area (TPSA) is 15.8 Å². The van der Waals surface area contributed by atoms with Gasteiger partial charge in [-0.25, -0.2) is 0 Å². The number of nitrogens with one attached hydrogen (secondary N) is 1. The number of aromatic nitrogens is 1. The van der Waals surface area contributed by atoms with Crippen LogP contribution in [-0.4, -0.2) is 4.98 Å². The van der Waals surface area contributed by atoms with E-state index in [1.807, 2.05) is 12.1 Å². The smallest absolute Gasteiger partial charge is 0.0477 e. The van der Waals surface area contributed by atoms with Crippen molar-refractivity contribution in [3.8, 4) is 0 Å². The molecular weight excluding hydrogens is 294 g/mol. The molecule has 1 heterocycles. The highest BCUT2D eigenvalue weighted by atomic mass is 79.9. The van der Waals surface area contributed by atoms with Crippen molar-refractivity contribution in [2.45, 2.75) is 9.79 Å². The van der Waals surface area contributed by atoms with E-state index in [9.17, 15) is 0 Å². The molecule has 0 spiro atoms. The summed E-state index contributed by atoms with van der Waals surface area (Å²) in [6, 6.07) is 16.6. The first-order chi connectivity index (χ1) is 8.34. The summed E-state index contributed by atoms with van der Waals surface area (Å²) < 4.78 is 1.13. The van der Waals surface area contributed by atoms with Gasteiger partial charge in [0.15, 0.2) is 0 Å². The molecule has 0 unspecified atom stereocenters. The Kier molecular flexibility index (Phi) is 2.95. The molecule has 0 aliphatic heterocycles. The number of benzene rings is 2. The van der Waals surface area contributed by atoms with Gasteiger partial charge < -0.3 is 4.98 Å². The highest BCUT2D eigenvalue weighted by Crippen LogP contribution is 2.36. The number of rotatable bonds is 2. The van der Waals surface area contributed by atoms with Crippen LogP contribution in [-0.2, 0) is 0 Å². The third-order valence-electron chi connectivity index (χ3n) is 2.59. The lowest BCUT2D eigenvalue weighted by molar-refractivity contribution is 1.39. The molecule has 0 atom stereocenters. The van der Waals surface area contributed by atoms with Gasteiger partial charge >= 0.3 is 0 Å². The molecule has 0 saturated heterocycles. The van der Waals surface area contributed by atoms with Crippen LogP contribution < -0.4 is 0 Å². The molecular formula is C14H10BrNS. The lowest BCUT2D eigenvalue weighted by Crippen LogP contribution is -1.73. The summed E-state index contributed by atoms with van der Waals surface area (Å²) in [4.78, 5) is 5.80. The lowest BCUT2D eigenvalue weighted by Gasteiger charge is -2.01. The summed E-state index contributed by atoms with van der Waals surface area (Å²) in [5, 5.41) is 1.25. The van der Waals surface area contributed by atoms with Crippen LogP contribution >= 0.6 is 27.7 Å². The van der Waals surface area contributed by atoms with Gasteiger partial charge in [-0.15, -0.1) is 0 Å². The Morgan fingerprint density at radius 3 is 2.59 bits per heavy atom. The molecule has 0 radical (unpaired) electrons. The molecule has 1 aromatic heterocycles. The SMILES string of the molecule is Brc1cccc2[nH]cc(Sc3ccccc3)c12. The molecule has 3 rings (SSSR count). The maximum atomic E-state index is 3.61. The maximum Gasteiger partial charge on any atom is 0.0477 e. The Hall–Kier alpha value is -1.19. The molecule has 0 bridgehead atoms. The van der Waals surface area contributed by atoms with E-state index in [4.69, 9.17) is 0 Å². The van der Waals surface area contributed by atoms with E-state index in [2.05, 4.69) is 63.5 Å². The normalized spacial score (nSPS) is 10.9. The van der Waals surface area contributed by atoms with Gasteiger partial charge in [0.1, 0.15) is 0 Å². The fourth-order valence-electron chi connectivity index (χ4n) is 1.81. The second-order valence-electron chi connectivity index (χ2n) is 3.73. The second kappa shape index (κ2) is 4.59. The van der Waals surface area contributed by atoms with Gasteiger partial charge in [-0.05, 0) is 24.3 Å². The average Bonchev–Trinajstić information content (AvgIpc) is 2.75. The summed E-state index contributed by atoms with van der Waals surface area (Å²) in [5.41, 5.74) is 1.16. The van der Waals surface area contributed by atoms with Gasteiger partial charge in [0.05, 0.1) is 0 Å². The van der Waals surface area contributed by atoms with Gasteiger partial charge in [-0.1, -0.05) is 52.0 Å². The number of aromatic amines is 1. The average molecular weight is 304 g/mol. The van der Waals surface area contributed by atoms with E-state index in [0.717, 1.165) is 9.99 Å². The molecule has 1 nitrogen and oxygen atoms in total. The van der Waals surface area contributed by atoms with E-state index < -0.39 is 0 Å². The van der Waals surface area contributed by atoms with Crippen LogP contribution in [0.5, 0.6) is 0 Å². The van der Waals surface area contributed by atoms with Gasteiger partial charge in [0.2, 0.25) is 0 Å². The largest absolute Gasteiger partial charge is 0.360 e. The number of hydrogen-bond acceptors (Lipinski definition) is 1. The van der Waals surface area contributed by atoms with Crippen LogP contribution in [0.4, 0.5) is 0 Å². The standard InChI is InChI=1S/C14H10BrNS/c15-11-7-4-8-12-14(11)13(9-16-12)17-10-5-2-1-3-6-10/h1-9,16H. The highest BCUT2D eigenvalue weighted by Gasteiger charge is 2.07. The first kappa shape index (κ1) is 10.9. The molecule has 3 heteroatoms. The first-order valence-electron chi connectivity index (χ1n) is 5.33. The third-order valence-corrected chi connectivity index (χ3v) is 4.30. The van der Waals surface area contributed by atoms with Crippen molar-refractivity contribution in [3.05, 3.63) is 59.2 Å². The summed E-state index contributed by atoms with van der Waals surface area (Å²) in [7, 11) is 0. The van der Waals surface area contributed by atoms with Crippen molar-refractivity contribution in [2.24, 2.45) is 0 Å². The van der Waals surface area contributed by atoms with E-state index in [1.165, 1.54) is 15.2 Å². The van der Waals surface area contributed by atoms with Crippen molar-refractivity contribution >= 4 is 38.6 Å². The predicted octanol–water partition coefficient (Wildman–Crippen LogP) is 5.08. The molecule has 0 fully saturated rings. The Morgan fingerprint density at radius 2 is 1.76 bits per heavy atom. The summed E-state index contributed by atoms with van der Waals surface area (Å²) in [6.45, 7) is 0. The molecule has 0 aliphatic rings. The van der Waals surface area contributed by atoms with Crippen LogP contribution in [0.3, 0.4) is 0 Å². The first-order valence-corrected chi connectivity index (χ1v) is 6.94. The van der Waals surface area contributed by atoms with Gasteiger partial charge in [0.25, 0.3) is 0 Å². The molecule has 3 aromatic rings.